The summed E-state index contributed by atoms with van der Waals surface area (Å²) in [5.74, 6) is -0.192. The predicted molar refractivity (Wildman–Crippen MR) is 313 cm³/mol. The van der Waals surface area contributed by atoms with Crippen molar-refractivity contribution in [1.29, 1.82) is 0 Å². The van der Waals surface area contributed by atoms with Gasteiger partial charge in [0.1, 0.15) is 24.4 Å². The zero-order valence-electron chi connectivity index (χ0n) is 48.1. The molecule has 9 nitrogen and oxygen atoms in total. The van der Waals surface area contributed by atoms with Crippen molar-refractivity contribution in [3.63, 3.8) is 0 Å². The predicted octanol–water partition coefficient (Wildman–Crippen LogP) is 16.2. The quantitative estimate of drug-likeness (QED) is 0.0261. The van der Waals surface area contributed by atoms with Crippen LogP contribution in [0.25, 0.3) is 0 Å². The highest BCUT2D eigenvalue weighted by atomic mass is 16.7. The lowest BCUT2D eigenvalue weighted by Gasteiger charge is -2.40. The van der Waals surface area contributed by atoms with Crippen molar-refractivity contribution in [2.24, 2.45) is 0 Å². The zero-order valence-corrected chi connectivity index (χ0v) is 48.1. The van der Waals surface area contributed by atoms with Gasteiger partial charge in [0.05, 0.1) is 25.4 Å². The molecule has 0 aliphatic carbocycles. The first-order chi connectivity index (χ1) is 36.3. The van der Waals surface area contributed by atoms with Crippen molar-refractivity contribution in [3.05, 3.63) is 60.8 Å². The second-order valence-corrected chi connectivity index (χ2v) is 21.8. The lowest BCUT2D eigenvalue weighted by molar-refractivity contribution is -0.302. The van der Waals surface area contributed by atoms with Crippen LogP contribution in [-0.2, 0) is 14.3 Å². The monoisotopic (exact) mass is 1040 g/mol. The van der Waals surface area contributed by atoms with Gasteiger partial charge in [0.2, 0.25) is 5.91 Å². The van der Waals surface area contributed by atoms with Gasteiger partial charge in [0.15, 0.2) is 6.29 Å². The molecule has 0 aromatic carbocycles. The molecule has 1 saturated heterocycles. The van der Waals surface area contributed by atoms with Gasteiger partial charge in [-0.25, -0.2) is 0 Å². The third-order valence-electron chi connectivity index (χ3n) is 14.8. The summed E-state index contributed by atoms with van der Waals surface area (Å²) in [6.45, 7) is 3.77. The zero-order chi connectivity index (χ0) is 53.6. The minimum atomic E-state index is -1.58. The maximum Gasteiger partial charge on any atom is 0.220 e. The number of allylic oxidation sites excluding steroid dienone is 9. The number of nitrogens with one attached hydrogen (secondary N) is 1. The molecule has 74 heavy (non-hydrogen) atoms. The fourth-order valence-electron chi connectivity index (χ4n) is 9.81. The molecule has 1 aliphatic heterocycles. The number of amides is 1. The molecule has 1 fully saturated rings. The Balaban J connectivity index is 2.23. The summed E-state index contributed by atoms with van der Waals surface area (Å²) in [7, 11) is 0. The van der Waals surface area contributed by atoms with Crippen LogP contribution in [0.2, 0.25) is 0 Å². The van der Waals surface area contributed by atoms with Gasteiger partial charge in [-0.3, -0.25) is 4.79 Å². The normalized spacial score (nSPS) is 19.4. The van der Waals surface area contributed by atoms with E-state index in [1.54, 1.807) is 6.08 Å². The molecular weight excluding hydrogens is 923 g/mol. The van der Waals surface area contributed by atoms with E-state index in [1.807, 2.05) is 6.08 Å². The fourth-order valence-corrected chi connectivity index (χ4v) is 9.81. The van der Waals surface area contributed by atoms with E-state index in [0.29, 0.717) is 6.42 Å². The van der Waals surface area contributed by atoms with Crippen LogP contribution >= 0.6 is 0 Å². The molecule has 7 unspecified atom stereocenters. The Morgan fingerprint density at radius 3 is 1.22 bits per heavy atom. The van der Waals surface area contributed by atoms with E-state index >= 15 is 0 Å². The van der Waals surface area contributed by atoms with Crippen LogP contribution < -0.4 is 5.32 Å². The lowest BCUT2D eigenvalue weighted by Crippen LogP contribution is -2.60. The van der Waals surface area contributed by atoms with Crippen molar-refractivity contribution in [3.8, 4) is 0 Å². The van der Waals surface area contributed by atoms with Gasteiger partial charge in [-0.15, -0.1) is 0 Å². The Hall–Kier alpha value is -2.11. The SMILES string of the molecule is CCCCCCC/C=C\C/C=C\CCCCCCCCCCCCCC(=O)NC(COC1OC(CO)C(O)C(O)C1O)C(O)/C=C/CC/C=C/CC/C=C/CCCCCCCCCCCCCCCCCCCC. The number of carbonyl (C=O) groups excluding carboxylic acids is 1. The Kier molecular flexibility index (Phi) is 51.3. The van der Waals surface area contributed by atoms with E-state index < -0.39 is 49.5 Å². The van der Waals surface area contributed by atoms with Gasteiger partial charge in [-0.05, 0) is 77.0 Å². The number of rotatable bonds is 54. The Labute approximate surface area is 456 Å². The maximum atomic E-state index is 13.1. The first-order valence-corrected chi connectivity index (χ1v) is 31.5. The average Bonchev–Trinajstić information content (AvgIpc) is 3.40. The van der Waals surface area contributed by atoms with Crippen molar-refractivity contribution >= 4 is 5.91 Å². The first kappa shape index (κ1) is 69.9. The van der Waals surface area contributed by atoms with Gasteiger partial charge >= 0.3 is 0 Å². The van der Waals surface area contributed by atoms with Crippen LogP contribution in [-0.4, -0.2) is 87.5 Å². The summed E-state index contributed by atoms with van der Waals surface area (Å²) in [5.41, 5.74) is 0. The molecule has 9 heteroatoms. The molecule has 0 aromatic heterocycles. The van der Waals surface area contributed by atoms with Gasteiger partial charge < -0.3 is 40.3 Å². The second kappa shape index (κ2) is 54.3. The molecule has 0 aromatic rings. The second-order valence-electron chi connectivity index (χ2n) is 21.8. The minimum Gasteiger partial charge on any atom is -0.394 e. The molecule has 1 amide bonds. The van der Waals surface area contributed by atoms with E-state index in [1.165, 1.54) is 218 Å². The molecule has 0 bridgehead atoms. The number of unbranched alkanes of at least 4 members (excludes halogenated alkanes) is 36. The van der Waals surface area contributed by atoms with Gasteiger partial charge in [-0.1, -0.05) is 267 Å². The van der Waals surface area contributed by atoms with Crippen molar-refractivity contribution in [2.45, 2.75) is 333 Å². The highest BCUT2D eigenvalue weighted by Crippen LogP contribution is 2.23. The molecule has 432 valence electrons. The van der Waals surface area contributed by atoms with Crippen molar-refractivity contribution in [2.75, 3.05) is 13.2 Å². The van der Waals surface area contributed by atoms with Crippen LogP contribution in [0.4, 0.5) is 0 Å². The highest BCUT2D eigenvalue weighted by molar-refractivity contribution is 5.76. The molecule has 1 aliphatic rings. The number of aliphatic hydroxyl groups excluding tert-OH is 5. The van der Waals surface area contributed by atoms with Crippen LogP contribution in [0.15, 0.2) is 60.8 Å². The van der Waals surface area contributed by atoms with Gasteiger partial charge in [0.25, 0.3) is 0 Å². The summed E-state index contributed by atoms with van der Waals surface area (Å²) in [6.07, 6.45) is 67.3. The molecule has 6 N–H and O–H groups in total. The van der Waals surface area contributed by atoms with E-state index in [0.717, 1.165) is 51.4 Å². The maximum absolute atomic E-state index is 13.1. The lowest BCUT2D eigenvalue weighted by atomic mass is 9.99. The number of carbonyl (C=O) groups is 1. The van der Waals surface area contributed by atoms with Crippen LogP contribution in [0, 0.1) is 0 Å². The van der Waals surface area contributed by atoms with Gasteiger partial charge in [-0.2, -0.15) is 0 Å². The van der Waals surface area contributed by atoms with E-state index in [9.17, 15) is 30.3 Å². The topological polar surface area (TPSA) is 149 Å². The van der Waals surface area contributed by atoms with E-state index in [-0.39, 0.29) is 12.5 Å². The molecule has 0 radical (unpaired) electrons. The van der Waals surface area contributed by atoms with Crippen molar-refractivity contribution < 1.29 is 39.8 Å². The average molecular weight is 1040 g/mol. The van der Waals surface area contributed by atoms with Crippen molar-refractivity contribution in [1.82, 2.24) is 5.32 Å². The Bertz CT molecular complexity index is 1350. The number of ether oxygens (including phenoxy) is 2. The van der Waals surface area contributed by atoms with E-state index in [2.05, 4.69) is 67.8 Å². The first-order valence-electron chi connectivity index (χ1n) is 31.5. The molecule has 0 spiro atoms. The smallest absolute Gasteiger partial charge is 0.220 e. The fraction of sp³-hybridized carbons (Fsp3) is 0.831. The summed E-state index contributed by atoms with van der Waals surface area (Å²) in [6, 6.07) is -0.833. The molecule has 1 rings (SSSR count). The summed E-state index contributed by atoms with van der Waals surface area (Å²) >= 11 is 0. The molecule has 1 heterocycles. The van der Waals surface area contributed by atoms with Gasteiger partial charge in [0, 0.05) is 6.42 Å². The summed E-state index contributed by atoms with van der Waals surface area (Å²) < 4.78 is 11.3. The number of hydrogen-bond acceptors (Lipinski definition) is 8. The minimum absolute atomic E-state index is 0.192. The number of hydrogen-bond donors (Lipinski definition) is 6. The largest absolute Gasteiger partial charge is 0.394 e. The number of aliphatic hydroxyl groups is 5. The van der Waals surface area contributed by atoms with E-state index in [4.69, 9.17) is 9.47 Å². The summed E-state index contributed by atoms with van der Waals surface area (Å²) in [5, 5.41) is 54.6. The molecular formula is C65H119NO8. The Morgan fingerprint density at radius 1 is 0.459 bits per heavy atom. The van der Waals surface area contributed by atoms with Crippen LogP contribution in [0.5, 0.6) is 0 Å². The van der Waals surface area contributed by atoms with Crippen LogP contribution in [0.3, 0.4) is 0 Å². The third kappa shape index (κ3) is 42.9. The van der Waals surface area contributed by atoms with Crippen LogP contribution in [0.1, 0.15) is 290 Å². The Morgan fingerprint density at radius 2 is 0.811 bits per heavy atom. The highest BCUT2D eigenvalue weighted by Gasteiger charge is 2.44. The standard InChI is InChI=1S/C65H119NO8/c1-3-5-7-9-11-13-15-17-19-21-23-25-27-28-29-30-31-33-34-36-38-40-42-44-46-48-50-52-54-59(68)58(57-73-65-64(72)63(71)62(70)60(56-67)74-65)66-61(69)55-53-51-49-47-45-43-41-39-37-35-32-26-24-22-20-18-16-14-12-10-8-6-4-2/h16,18,22,24,36,38,44,46,52,54,58-60,62-65,67-68,70-72H,3-15,17,19-21,23,25-35,37,39-43,45,47-51,53,55-57H2,1-2H3,(H,66,69)/b18-16-,24-22-,38-36+,46-44+,54-52+. The molecule has 7 atom stereocenters. The third-order valence-corrected chi connectivity index (χ3v) is 14.8. The summed E-state index contributed by atoms with van der Waals surface area (Å²) in [4.78, 5) is 13.1. The molecule has 0 saturated carbocycles.